The molecule has 3 heterocycles. The lowest BCUT2D eigenvalue weighted by Gasteiger charge is -2.15. The Morgan fingerprint density at radius 1 is 1.28 bits per heavy atom. The topological polar surface area (TPSA) is 90.2 Å². The molecule has 1 aliphatic heterocycles. The van der Waals surface area contributed by atoms with Crippen molar-refractivity contribution in [2.24, 2.45) is 5.92 Å². The molecule has 0 N–H and O–H groups in total. The molecule has 1 aliphatic rings. The molecule has 0 spiro atoms. The number of ether oxygens (including phenoxy) is 1. The highest BCUT2D eigenvalue weighted by Gasteiger charge is 2.34. The van der Waals surface area contributed by atoms with Crippen LogP contribution in [0.4, 0.5) is 0 Å². The second-order valence-corrected chi connectivity index (χ2v) is 8.14. The second kappa shape index (κ2) is 7.09. The average molecular weight is 365 g/mol. The Bertz CT molecular complexity index is 832. The lowest BCUT2D eigenvalue weighted by atomic mass is 10.1. The molecule has 8 nitrogen and oxygen atoms in total. The van der Waals surface area contributed by atoms with Gasteiger partial charge in [0.15, 0.2) is 5.03 Å². The van der Waals surface area contributed by atoms with E-state index >= 15 is 0 Å². The first-order valence-corrected chi connectivity index (χ1v) is 9.81. The standard InChI is InChI=1S/C16H23N5O3S/c1-4-20-10-16(17-13(20)3)25(22,23)21-8-7-14(9-21)11-24-15-6-5-12(2)18-19-15/h5-6,10,14H,4,7-9,11H2,1-3H3. The molecule has 9 heteroatoms. The molecule has 136 valence electrons. The summed E-state index contributed by atoms with van der Waals surface area (Å²) in [5, 5.41) is 8.03. The van der Waals surface area contributed by atoms with Crippen LogP contribution in [0.25, 0.3) is 0 Å². The highest BCUT2D eigenvalue weighted by molar-refractivity contribution is 7.89. The fourth-order valence-corrected chi connectivity index (χ4v) is 4.40. The van der Waals surface area contributed by atoms with E-state index in [-0.39, 0.29) is 10.9 Å². The van der Waals surface area contributed by atoms with Crippen molar-refractivity contribution in [3.63, 3.8) is 0 Å². The van der Waals surface area contributed by atoms with Crippen molar-refractivity contribution < 1.29 is 13.2 Å². The van der Waals surface area contributed by atoms with E-state index in [4.69, 9.17) is 4.74 Å². The van der Waals surface area contributed by atoms with Gasteiger partial charge in [-0.05, 0) is 33.3 Å². The molecule has 0 bridgehead atoms. The Balaban J connectivity index is 1.62. The van der Waals surface area contributed by atoms with Crippen molar-refractivity contribution in [2.75, 3.05) is 19.7 Å². The number of aryl methyl sites for hydroxylation is 3. The molecular weight excluding hydrogens is 342 g/mol. The van der Waals surface area contributed by atoms with Gasteiger partial charge in [-0.3, -0.25) is 0 Å². The van der Waals surface area contributed by atoms with Gasteiger partial charge in [-0.2, -0.15) is 9.40 Å². The van der Waals surface area contributed by atoms with E-state index in [1.54, 1.807) is 12.3 Å². The number of hydrogen-bond acceptors (Lipinski definition) is 6. The smallest absolute Gasteiger partial charge is 0.262 e. The van der Waals surface area contributed by atoms with E-state index in [9.17, 15) is 8.42 Å². The summed E-state index contributed by atoms with van der Waals surface area (Å²) in [6.07, 6.45) is 2.36. The number of sulfonamides is 1. The minimum Gasteiger partial charge on any atom is -0.476 e. The number of nitrogens with zero attached hydrogens (tertiary/aromatic N) is 5. The quantitative estimate of drug-likeness (QED) is 0.769. The molecule has 0 aromatic carbocycles. The summed E-state index contributed by atoms with van der Waals surface area (Å²) in [7, 11) is -3.55. The van der Waals surface area contributed by atoms with E-state index in [0.29, 0.717) is 37.9 Å². The van der Waals surface area contributed by atoms with Crippen molar-refractivity contribution in [2.45, 2.75) is 38.8 Å². The molecule has 0 saturated carbocycles. The first kappa shape index (κ1) is 17.8. The normalized spacial score (nSPS) is 18.6. The first-order chi connectivity index (χ1) is 11.9. The van der Waals surface area contributed by atoms with Crippen molar-refractivity contribution in [1.29, 1.82) is 0 Å². The number of imidazole rings is 1. The summed E-state index contributed by atoms with van der Waals surface area (Å²) < 4.78 is 34.5. The van der Waals surface area contributed by atoms with Crippen LogP contribution in [0.5, 0.6) is 5.88 Å². The van der Waals surface area contributed by atoms with E-state index in [1.165, 1.54) is 4.31 Å². The zero-order chi connectivity index (χ0) is 18.0. The average Bonchev–Trinajstić information content (AvgIpc) is 3.21. The maximum atomic E-state index is 12.8. The fraction of sp³-hybridized carbons (Fsp3) is 0.562. The molecule has 1 atom stereocenters. The highest BCUT2D eigenvalue weighted by atomic mass is 32.2. The number of aromatic nitrogens is 4. The van der Waals surface area contributed by atoms with Crippen LogP contribution in [0, 0.1) is 19.8 Å². The van der Waals surface area contributed by atoms with Crippen LogP contribution in [0.2, 0.25) is 0 Å². The summed E-state index contributed by atoms with van der Waals surface area (Å²) in [6.45, 7) is 7.66. The van der Waals surface area contributed by atoms with Crippen LogP contribution >= 0.6 is 0 Å². The third-order valence-electron chi connectivity index (χ3n) is 4.39. The van der Waals surface area contributed by atoms with E-state index in [1.807, 2.05) is 31.4 Å². The molecule has 0 radical (unpaired) electrons. The molecule has 0 amide bonds. The van der Waals surface area contributed by atoms with Crippen LogP contribution in [0.3, 0.4) is 0 Å². The van der Waals surface area contributed by atoms with Crippen LogP contribution in [-0.2, 0) is 16.6 Å². The van der Waals surface area contributed by atoms with Crippen LogP contribution in [0.15, 0.2) is 23.4 Å². The molecule has 3 rings (SSSR count). The molecule has 1 fully saturated rings. The van der Waals surface area contributed by atoms with Gasteiger partial charge >= 0.3 is 0 Å². The maximum absolute atomic E-state index is 12.8. The van der Waals surface area contributed by atoms with E-state index in [2.05, 4.69) is 15.2 Å². The highest BCUT2D eigenvalue weighted by Crippen LogP contribution is 2.24. The van der Waals surface area contributed by atoms with Crippen LogP contribution in [-0.4, -0.2) is 52.2 Å². The minimum absolute atomic E-state index is 0.123. The Morgan fingerprint density at radius 3 is 2.72 bits per heavy atom. The maximum Gasteiger partial charge on any atom is 0.262 e. The van der Waals surface area contributed by atoms with E-state index < -0.39 is 10.0 Å². The predicted molar refractivity (Wildman–Crippen MR) is 91.8 cm³/mol. The third-order valence-corrected chi connectivity index (χ3v) is 6.12. The van der Waals surface area contributed by atoms with Crippen molar-refractivity contribution in [3.05, 3.63) is 29.8 Å². The van der Waals surface area contributed by atoms with Crippen LogP contribution in [0.1, 0.15) is 24.9 Å². The summed E-state index contributed by atoms with van der Waals surface area (Å²) in [4.78, 5) is 4.21. The molecule has 2 aromatic heterocycles. The zero-order valence-electron chi connectivity index (χ0n) is 14.7. The molecule has 1 saturated heterocycles. The monoisotopic (exact) mass is 365 g/mol. The zero-order valence-corrected chi connectivity index (χ0v) is 15.5. The van der Waals surface area contributed by atoms with Gasteiger partial charge in [0.2, 0.25) is 5.88 Å². The molecule has 1 unspecified atom stereocenters. The van der Waals surface area contributed by atoms with Gasteiger partial charge < -0.3 is 9.30 Å². The lowest BCUT2D eigenvalue weighted by molar-refractivity contribution is 0.244. The Kier molecular flexibility index (Phi) is 5.05. The Hall–Kier alpha value is -2.00. The lowest BCUT2D eigenvalue weighted by Crippen LogP contribution is -2.30. The van der Waals surface area contributed by atoms with Gasteiger partial charge in [-0.1, -0.05) is 0 Å². The molecule has 0 aliphatic carbocycles. The summed E-state index contributed by atoms with van der Waals surface area (Å²) in [5.74, 6) is 1.30. The molecule has 25 heavy (non-hydrogen) atoms. The largest absolute Gasteiger partial charge is 0.476 e. The summed E-state index contributed by atoms with van der Waals surface area (Å²) >= 11 is 0. The Labute approximate surface area is 147 Å². The van der Waals surface area contributed by atoms with Gasteiger partial charge in [0.1, 0.15) is 5.82 Å². The summed E-state index contributed by atoms with van der Waals surface area (Å²) in [6, 6.07) is 3.60. The molecular formula is C16H23N5O3S. The van der Waals surface area contributed by atoms with Gasteiger partial charge in [-0.25, -0.2) is 13.4 Å². The number of hydrogen-bond donors (Lipinski definition) is 0. The summed E-state index contributed by atoms with van der Waals surface area (Å²) in [5.41, 5.74) is 0.826. The van der Waals surface area contributed by atoms with Gasteiger partial charge in [0, 0.05) is 37.8 Å². The van der Waals surface area contributed by atoms with Gasteiger partial charge in [-0.15, -0.1) is 5.10 Å². The minimum atomic E-state index is -3.55. The van der Waals surface area contributed by atoms with Gasteiger partial charge in [0.05, 0.1) is 12.3 Å². The fourth-order valence-electron chi connectivity index (χ4n) is 2.87. The van der Waals surface area contributed by atoms with E-state index in [0.717, 1.165) is 12.1 Å². The Morgan fingerprint density at radius 2 is 2.08 bits per heavy atom. The van der Waals surface area contributed by atoms with Crippen molar-refractivity contribution in [3.8, 4) is 5.88 Å². The van der Waals surface area contributed by atoms with Crippen molar-refractivity contribution >= 4 is 10.0 Å². The van der Waals surface area contributed by atoms with Gasteiger partial charge in [0.25, 0.3) is 10.0 Å². The third kappa shape index (κ3) is 3.82. The molecule has 2 aromatic rings. The first-order valence-electron chi connectivity index (χ1n) is 8.37. The number of rotatable bonds is 6. The van der Waals surface area contributed by atoms with Crippen molar-refractivity contribution in [1.82, 2.24) is 24.1 Å². The van der Waals surface area contributed by atoms with Crippen LogP contribution < -0.4 is 4.74 Å². The second-order valence-electron chi connectivity index (χ2n) is 6.25. The SMILES string of the molecule is CCn1cc(S(=O)(=O)N2CCC(COc3ccc(C)nn3)C2)nc1C. The predicted octanol–water partition coefficient (Wildman–Crippen LogP) is 1.40.